The van der Waals surface area contributed by atoms with Crippen molar-refractivity contribution in [1.82, 2.24) is 9.78 Å². The van der Waals surface area contributed by atoms with Gasteiger partial charge in [-0.3, -0.25) is 4.68 Å². The van der Waals surface area contributed by atoms with Gasteiger partial charge in [0.2, 0.25) is 0 Å². The van der Waals surface area contributed by atoms with Crippen LogP contribution < -0.4 is 4.74 Å². The van der Waals surface area contributed by atoms with Crippen LogP contribution in [0.5, 0.6) is 5.75 Å². The Bertz CT molecular complexity index is 678. The second-order valence-corrected chi connectivity index (χ2v) is 6.45. The molecule has 0 bridgehead atoms. The van der Waals surface area contributed by atoms with Gasteiger partial charge in [0.25, 0.3) is 0 Å². The average molecular weight is 318 g/mol. The minimum atomic E-state index is -1.02. The third-order valence-corrected chi connectivity index (χ3v) is 4.86. The van der Waals surface area contributed by atoms with Crippen LogP contribution >= 0.6 is 11.8 Å². The highest BCUT2D eigenvalue weighted by Crippen LogP contribution is 2.32. The van der Waals surface area contributed by atoms with Gasteiger partial charge in [-0.1, -0.05) is 12.1 Å². The summed E-state index contributed by atoms with van der Waals surface area (Å²) in [5, 5.41) is 13.1. The molecule has 0 saturated carbocycles. The van der Waals surface area contributed by atoms with Crippen molar-refractivity contribution in [1.29, 1.82) is 0 Å². The van der Waals surface area contributed by atoms with E-state index in [1.807, 2.05) is 36.0 Å². The molecule has 0 amide bonds. The number of hydrogen-bond acceptors (Lipinski definition) is 4. The van der Waals surface area contributed by atoms with Crippen LogP contribution in [-0.4, -0.2) is 38.5 Å². The fraction of sp³-hybridized carbons (Fsp3) is 0.375. The summed E-state index contributed by atoms with van der Waals surface area (Å²) in [4.78, 5) is 11.1. The SMILES string of the molecule is Cn1nc(C(=O)O)cc1-c1ccccc1OC1CCCSC1. The Hall–Kier alpha value is -1.95. The summed E-state index contributed by atoms with van der Waals surface area (Å²) in [6.45, 7) is 0. The minimum Gasteiger partial charge on any atom is -0.489 e. The smallest absolute Gasteiger partial charge is 0.356 e. The highest BCUT2D eigenvalue weighted by Gasteiger charge is 2.19. The number of rotatable bonds is 4. The summed E-state index contributed by atoms with van der Waals surface area (Å²) in [7, 11) is 1.75. The second kappa shape index (κ2) is 6.44. The van der Waals surface area contributed by atoms with Crippen LogP contribution in [0.4, 0.5) is 0 Å². The Morgan fingerprint density at radius 2 is 2.27 bits per heavy atom. The molecule has 1 aromatic heterocycles. The lowest BCUT2D eigenvalue weighted by molar-refractivity contribution is 0.0689. The lowest BCUT2D eigenvalue weighted by Crippen LogP contribution is -2.23. The molecule has 1 aliphatic heterocycles. The number of thioether (sulfide) groups is 1. The molecule has 3 rings (SSSR count). The molecule has 1 atom stereocenters. The molecule has 1 aliphatic rings. The number of hydrogen-bond donors (Lipinski definition) is 1. The molecule has 22 heavy (non-hydrogen) atoms. The van der Waals surface area contributed by atoms with Gasteiger partial charge in [-0.2, -0.15) is 16.9 Å². The van der Waals surface area contributed by atoms with Crippen LogP contribution in [0.2, 0.25) is 0 Å². The Kier molecular flexibility index (Phi) is 4.38. The monoisotopic (exact) mass is 318 g/mol. The van der Waals surface area contributed by atoms with Crippen molar-refractivity contribution in [2.75, 3.05) is 11.5 Å². The molecule has 1 unspecified atom stereocenters. The average Bonchev–Trinajstić information content (AvgIpc) is 2.91. The van der Waals surface area contributed by atoms with Gasteiger partial charge >= 0.3 is 5.97 Å². The molecule has 1 aromatic carbocycles. The first kappa shape index (κ1) is 15.0. The van der Waals surface area contributed by atoms with Crippen molar-refractivity contribution in [3.05, 3.63) is 36.0 Å². The van der Waals surface area contributed by atoms with Crippen LogP contribution in [0.25, 0.3) is 11.3 Å². The van der Waals surface area contributed by atoms with Crippen LogP contribution in [0.1, 0.15) is 23.3 Å². The third-order valence-electron chi connectivity index (χ3n) is 3.67. The highest BCUT2D eigenvalue weighted by molar-refractivity contribution is 7.99. The molecular formula is C16H18N2O3S. The predicted octanol–water partition coefficient (Wildman–Crippen LogP) is 3.06. The maximum Gasteiger partial charge on any atom is 0.356 e. The van der Waals surface area contributed by atoms with Gasteiger partial charge < -0.3 is 9.84 Å². The topological polar surface area (TPSA) is 64.4 Å². The molecule has 0 spiro atoms. The summed E-state index contributed by atoms with van der Waals surface area (Å²) in [6.07, 6.45) is 2.45. The van der Waals surface area contributed by atoms with Crippen molar-refractivity contribution < 1.29 is 14.6 Å². The van der Waals surface area contributed by atoms with E-state index >= 15 is 0 Å². The van der Waals surface area contributed by atoms with Gasteiger partial charge in [0.1, 0.15) is 11.9 Å². The van der Waals surface area contributed by atoms with E-state index in [1.54, 1.807) is 17.8 Å². The number of para-hydroxylation sites is 1. The van der Waals surface area contributed by atoms with Gasteiger partial charge in [0.05, 0.1) is 5.69 Å². The summed E-state index contributed by atoms with van der Waals surface area (Å²) >= 11 is 1.91. The van der Waals surface area contributed by atoms with Crippen molar-refractivity contribution in [2.45, 2.75) is 18.9 Å². The highest BCUT2D eigenvalue weighted by atomic mass is 32.2. The number of carboxylic acids is 1. The molecular weight excluding hydrogens is 300 g/mol. The van der Waals surface area contributed by atoms with Gasteiger partial charge in [-0.15, -0.1) is 0 Å². The van der Waals surface area contributed by atoms with Gasteiger partial charge in [-0.25, -0.2) is 4.79 Å². The largest absolute Gasteiger partial charge is 0.489 e. The van der Waals surface area contributed by atoms with Gasteiger partial charge in [0, 0.05) is 18.4 Å². The number of aromatic nitrogens is 2. The quantitative estimate of drug-likeness (QED) is 0.938. The standard InChI is InChI=1S/C16H18N2O3S/c1-18-14(9-13(17-18)16(19)20)12-6-2-3-7-15(12)21-11-5-4-8-22-10-11/h2-3,6-7,9,11H,4-5,8,10H2,1H3,(H,19,20). The summed E-state index contributed by atoms with van der Waals surface area (Å²) in [6, 6.07) is 9.31. The summed E-state index contributed by atoms with van der Waals surface area (Å²) < 4.78 is 7.74. The van der Waals surface area contributed by atoms with E-state index in [9.17, 15) is 4.79 Å². The molecule has 1 fully saturated rings. The number of aryl methyl sites for hydroxylation is 1. The molecule has 2 aromatic rings. The first-order chi connectivity index (χ1) is 10.6. The van der Waals surface area contributed by atoms with Gasteiger partial charge in [0.15, 0.2) is 5.69 Å². The normalized spacial score (nSPS) is 18.1. The number of benzene rings is 1. The fourth-order valence-electron chi connectivity index (χ4n) is 2.59. The van der Waals surface area contributed by atoms with Crippen molar-refractivity contribution in [3.8, 4) is 17.0 Å². The lowest BCUT2D eigenvalue weighted by Gasteiger charge is -2.24. The van der Waals surface area contributed by atoms with Crippen molar-refractivity contribution >= 4 is 17.7 Å². The Morgan fingerprint density at radius 3 is 2.95 bits per heavy atom. The Balaban J connectivity index is 1.92. The fourth-order valence-corrected chi connectivity index (χ4v) is 3.62. The Morgan fingerprint density at radius 1 is 1.45 bits per heavy atom. The van der Waals surface area contributed by atoms with E-state index in [0.29, 0.717) is 0 Å². The second-order valence-electron chi connectivity index (χ2n) is 5.30. The van der Waals surface area contributed by atoms with E-state index in [1.165, 1.54) is 12.2 Å². The third kappa shape index (κ3) is 3.11. The van der Waals surface area contributed by atoms with Crippen molar-refractivity contribution in [3.63, 3.8) is 0 Å². The van der Waals surface area contributed by atoms with E-state index in [2.05, 4.69) is 5.10 Å². The number of aromatic carboxylic acids is 1. The number of carboxylic acid groups (broad SMARTS) is 1. The lowest BCUT2D eigenvalue weighted by atomic mass is 10.1. The molecule has 1 N–H and O–H groups in total. The van der Waals surface area contributed by atoms with E-state index < -0.39 is 5.97 Å². The molecule has 6 heteroatoms. The van der Waals surface area contributed by atoms with Gasteiger partial charge in [-0.05, 0) is 36.8 Å². The van der Waals surface area contributed by atoms with E-state index in [0.717, 1.165) is 29.2 Å². The zero-order valence-electron chi connectivity index (χ0n) is 12.4. The summed E-state index contributed by atoms with van der Waals surface area (Å²) in [5.41, 5.74) is 1.66. The minimum absolute atomic E-state index is 0.0422. The van der Waals surface area contributed by atoms with E-state index in [-0.39, 0.29) is 11.8 Å². The van der Waals surface area contributed by atoms with Crippen LogP contribution in [-0.2, 0) is 7.05 Å². The van der Waals surface area contributed by atoms with E-state index in [4.69, 9.17) is 9.84 Å². The van der Waals surface area contributed by atoms with Crippen LogP contribution in [0, 0.1) is 0 Å². The molecule has 0 radical (unpaired) electrons. The van der Waals surface area contributed by atoms with Crippen LogP contribution in [0.15, 0.2) is 30.3 Å². The maximum absolute atomic E-state index is 11.1. The van der Waals surface area contributed by atoms with Crippen molar-refractivity contribution in [2.24, 2.45) is 7.05 Å². The number of nitrogens with zero attached hydrogens (tertiary/aromatic N) is 2. The number of carbonyl (C=O) groups is 1. The molecule has 2 heterocycles. The first-order valence-corrected chi connectivity index (χ1v) is 8.42. The first-order valence-electron chi connectivity index (χ1n) is 7.26. The van der Waals surface area contributed by atoms with Crippen LogP contribution in [0.3, 0.4) is 0 Å². The Labute approximate surface area is 133 Å². The zero-order chi connectivity index (χ0) is 15.5. The molecule has 1 saturated heterocycles. The molecule has 0 aliphatic carbocycles. The maximum atomic E-state index is 11.1. The zero-order valence-corrected chi connectivity index (χ0v) is 13.2. The molecule has 116 valence electrons. The summed E-state index contributed by atoms with van der Waals surface area (Å²) in [5.74, 6) is 1.96. The predicted molar refractivity (Wildman–Crippen MR) is 86.6 cm³/mol. The number of ether oxygens (including phenoxy) is 1. The molecule has 5 nitrogen and oxygen atoms in total.